The van der Waals surface area contributed by atoms with Gasteiger partial charge in [0.2, 0.25) is 0 Å². The molecule has 16 heavy (non-hydrogen) atoms. The minimum absolute atomic E-state index is 0.431. The van der Waals surface area contributed by atoms with Crippen LogP contribution in [0.2, 0.25) is 0 Å². The summed E-state index contributed by atoms with van der Waals surface area (Å²) in [6.45, 7) is 8.82. The molecule has 0 unspecified atom stereocenters. The number of rotatable bonds is 4. The normalized spacial score (nSPS) is 15.8. The molecule has 0 atom stereocenters. The zero-order valence-corrected chi connectivity index (χ0v) is 11.2. The van der Waals surface area contributed by atoms with Gasteiger partial charge in [0.1, 0.15) is 0 Å². The number of nitrogens with two attached hydrogens (primary N) is 1. The molecule has 0 spiro atoms. The second-order valence-corrected chi connectivity index (χ2v) is 4.23. The lowest BCUT2D eigenvalue weighted by Crippen LogP contribution is -2.31. The second kappa shape index (κ2) is 8.34. The summed E-state index contributed by atoms with van der Waals surface area (Å²) in [4.78, 5) is 0. The summed E-state index contributed by atoms with van der Waals surface area (Å²) in [7, 11) is 0. The van der Waals surface area contributed by atoms with Crippen molar-refractivity contribution in [3.8, 4) is 0 Å². The standard InChI is InChI=1S/C11H21N3.C2H6/c1-8(2)14-7-11(13)9-5-3-4-6-10(9)12;1-2/h8,13-14H,3-7,12H2,1-2H3;1-2H3. The predicted molar refractivity (Wildman–Crippen MR) is 71.9 cm³/mol. The van der Waals surface area contributed by atoms with Gasteiger partial charge >= 0.3 is 0 Å². The Morgan fingerprint density at radius 2 is 1.88 bits per heavy atom. The van der Waals surface area contributed by atoms with E-state index in [9.17, 15) is 0 Å². The molecule has 0 radical (unpaired) electrons. The van der Waals surface area contributed by atoms with Gasteiger partial charge in [-0.3, -0.25) is 0 Å². The quantitative estimate of drug-likeness (QED) is 0.644. The van der Waals surface area contributed by atoms with Crippen molar-refractivity contribution in [3.63, 3.8) is 0 Å². The third kappa shape index (κ3) is 5.31. The lowest BCUT2D eigenvalue weighted by atomic mass is 9.93. The average Bonchev–Trinajstić information content (AvgIpc) is 2.29. The van der Waals surface area contributed by atoms with Gasteiger partial charge in [-0.15, -0.1) is 0 Å². The van der Waals surface area contributed by atoms with Crippen LogP contribution in [0.25, 0.3) is 0 Å². The molecule has 0 aromatic heterocycles. The molecule has 0 bridgehead atoms. The van der Waals surface area contributed by atoms with E-state index in [-0.39, 0.29) is 0 Å². The Hall–Kier alpha value is -0.830. The molecule has 1 aliphatic carbocycles. The van der Waals surface area contributed by atoms with Gasteiger partial charge in [-0.2, -0.15) is 0 Å². The third-order valence-corrected chi connectivity index (χ3v) is 2.56. The SMILES string of the molecule is CC.CC(C)NCC(=N)C1=C(N)CCCC1. The Morgan fingerprint density at radius 1 is 1.31 bits per heavy atom. The van der Waals surface area contributed by atoms with Gasteiger partial charge in [0.05, 0.1) is 5.71 Å². The van der Waals surface area contributed by atoms with Crippen molar-refractivity contribution in [3.05, 3.63) is 11.3 Å². The summed E-state index contributed by atoms with van der Waals surface area (Å²) in [5.74, 6) is 0. The van der Waals surface area contributed by atoms with Gasteiger partial charge in [-0.25, -0.2) is 0 Å². The van der Waals surface area contributed by atoms with Gasteiger partial charge < -0.3 is 16.5 Å². The number of hydrogen-bond donors (Lipinski definition) is 3. The molecule has 0 fully saturated rings. The fourth-order valence-corrected chi connectivity index (χ4v) is 1.69. The van der Waals surface area contributed by atoms with Crippen LogP contribution in [-0.2, 0) is 0 Å². The minimum Gasteiger partial charge on any atom is -0.402 e. The first-order valence-corrected chi connectivity index (χ1v) is 6.40. The van der Waals surface area contributed by atoms with Gasteiger partial charge in [0.15, 0.2) is 0 Å². The van der Waals surface area contributed by atoms with Crippen molar-refractivity contribution in [1.29, 1.82) is 5.41 Å². The van der Waals surface area contributed by atoms with Gasteiger partial charge in [-0.05, 0) is 31.3 Å². The molecule has 1 aliphatic rings. The first kappa shape index (κ1) is 15.2. The zero-order valence-electron chi connectivity index (χ0n) is 11.2. The highest BCUT2D eigenvalue weighted by atomic mass is 14.9. The van der Waals surface area contributed by atoms with Crippen molar-refractivity contribution < 1.29 is 0 Å². The molecular weight excluding hydrogens is 198 g/mol. The molecule has 0 aromatic rings. The fourth-order valence-electron chi connectivity index (χ4n) is 1.69. The summed E-state index contributed by atoms with van der Waals surface area (Å²) in [6, 6.07) is 0.431. The summed E-state index contributed by atoms with van der Waals surface area (Å²) >= 11 is 0. The van der Waals surface area contributed by atoms with E-state index in [0.29, 0.717) is 18.3 Å². The summed E-state index contributed by atoms with van der Waals surface area (Å²) in [5.41, 5.74) is 8.60. The van der Waals surface area contributed by atoms with Crippen LogP contribution >= 0.6 is 0 Å². The van der Waals surface area contributed by atoms with E-state index in [1.165, 1.54) is 12.8 Å². The van der Waals surface area contributed by atoms with Gasteiger partial charge in [0, 0.05) is 18.3 Å². The van der Waals surface area contributed by atoms with E-state index < -0.39 is 0 Å². The van der Waals surface area contributed by atoms with Gasteiger partial charge in [-0.1, -0.05) is 27.7 Å². The van der Waals surface area contributed by atoms with Crippen LogP contribution in [0.4, 0.5) is 0 Å². The molecule has 0 saturated heterocycles. The maximum Gasteiger partial charge on any atom is 0.0501 e. The maximum absolute atomic E-state index is 7.91. The largest absolute Gasteiger partial charge is 0.402 e. The number of allylic oxidation sites excluding steroid dienone is 1. The first-order valence-electron chi connectivity index (χ1n) is 6.40. The van der Waals surface area contributed by atoms with Crippen LogP contribution in [0.3, 0.4) is 0 Å². The van der Waals surface area contributed by atoms with E-state index in [2.05, 4.69) is 19.2 Å². The summed E-state index contributed by atoms with van der Waals surface area (Å²) in [6.07, 6.45) is 4.32. The highest BCUT2D eigenvalue weighted by Gasteiger charge is 2.13. The Morgan fingerprint density at radius 3 is 2.38 bits per heavy atom. The summed E-state index contributed by atoms with van der Waals surface area (Å²) in [5, 5.41) is 11.2. The lowest BCUT2D eigenvalue weighted by molar-refractivity contribution is 0.635. The second-order valence-electron chi connectivity index (χ2n) is 4.23. The molecule has 94 valence electrons. The molecule has 0 aliphatic heterocycles. The molecule has 1 rings (SSSR count). The highest BCUT2D eigenvalue weighted by molar-refractivity contribution is 5.99. The predicted octanol–water partition coefficient (Wildman–Crippen LogP) is 2.82. The van der Waals surface area contributed by atoms with Crippen LogP contribution in [0.1, 0.15) is 53.4 Å². The van der Waals surface area contributed by atoms with E-state index >= 15 is 0 Å². The highest BCUT2D eigenvalue weighted by Crippen LogP contribution is 2.21. The van der Waals surface area contributed by atoms with Crippen molar-refractivity contribution in [2.45, 2.75) is 59.4 Å². The maximum atomic E-state index is 7.91. The van der Waals surface area contributed by atoms with Crippen LogP contribution in [0.5, 0.6) is 0 Å². The van der Waals surface area contributed by atoms with Gasteiger partial charge in [0.25, 0.3) is 0 Å². The first-order chi connectivity index (χ1) is 7.61. The smallest absolute Gasteiger partial charge is 0.0501 e. The monoisotopic (exact) mass is 225 g/mol. The van der Waals surface area contributed by atoms with E-state index in [0.717, 1.165) is 24.1 Å². The van der Waals surface area contributed by atoms with Crippen LogP contribution in [0, 0.1) is 5.41 Å². The van der Waals surface area contributed by atoms with Crippen LogP contribution < -0.4 is 11.1 Å². The molecule has 3 heteroatoms. The molecular formula is C13H27N3. The van der Waals surface area contributed by atoms with Crippen molar-refractivity contribution in [1.82, 2.24) is 5.32 Å². The average molecular weight is 225 g/mol. The van der Waals surface area contributed by atoms with Crippen LogP contribution in [0.15, 0.2) is 11.3 Å². The van der Waals surface area contributed by atoms with E-state index in [1.54, 1.807) is 0 Å². The lowest BCUT2D eigenvalue weighted by Gasteiger charge is -2.19. The molecule has 4 N–H and O–H groups in total. The van der Waals surface area contributed by atoms with Crippen LogP contribution in [-0.4, -0.2) is 18.3 Å². The molecule has 0 aromatic carbocycles. The molecule has 0 saturated carbocycles. The minimum atomic E-state index is 0.431. The Labute approximate surface area is 100 Å². The topological polar surface area (TPSA) is 61.9 Å². The number of nitrogens with one attached hydrogen (secondary N) is 2. The van der Waals surface area contributed by atoms with Crippen molar-refractivity contribution in [2.24, 2.45) is 5.73 Å². The molecule has 0 heterocycles. The zero-order chi connectivity index (χ0) is 12.6. The third-order valence-electron chi connectivity index (χ3n) is 2.56. The number of hydrogen-bond acceptors (Lipinski definition) is 3. The molecule has 0 amide bonds. The Bertz CT molecular complexity index is 242. The summed E-state index contributed by atoms with van der Waals surface area (Å²) < 4.78 is 0. The van der Waals surface area contributed by atoms with E-state index in [1.807, 2.05) is 13.8 Å². The fraction of sp³-hybridized carbons (Fsp3) is 0.769. The Kier molecular flexibility index (Phi) is 7.90. The van der Waals surface area contributed by atoms with Crippen molar-refractivity contribution in [2.75, 3.05) is 6.54 Å². The molecule has 3 nitrogen and oxygen atoms in total. The Balaban J connectivity index is 0.00000106. The van der Waals surface area contributed by atoms with Crippen molar-refractivity contribution >= 4 is 5.71 Å². The van der Waals surface area contributed by atoms with E-state index in [4.69, 9.17) is 11.1 Å².